The van der Waals surface area contributed by atoms with Crippen molar-refractivity contribution in [3.8, 4) is 0 Å². The van der Waals surface area contributed by atoms with Gasteiger partial charge in [0, 0.05) is 12.2 Å². The highest BCUT2D eigenvalue weighted by Gasteiger charge is 2.41. The third-order valence-corrected chi connectivity index (χ3v) is 4.72. The van der Waals surface area contributed by atoms with Gasteiger partial charge in [0.05, 0.1) is 12.5 Å². The minimum Gasteiger partial charge on any atom is -0.382 e. The van der Waals surface area contributed by atoms with Gasteiger partial charge in [0.2, 0.25) is 0 Å². The van der Waals surface area contributed by atoms with Crippen LogP contribution in [0.3, 0.4) is 0 Å². The van der Waals surface area contributed by atoms with Crippen molar-refractivity contribution in [1.82, 2.24) is 5.53 Å². The molecule has 27 heavy (non-hydrogen) atoms. The third kappa shape index (κ3) is 6.39. The quantitative estimate of drug-likeness (QED) is 0.295. The molecule has 0 aliphatic heterocycles. The monoisotopic (exact) mass is 388 g/mol. The van der Waals surface area contributed by atoms with E-state index in [1.165, 1.54) is 0 Å². The van der Waals surface area contributed by atoms with Gasteiger partial charge in [-0.15, -0.1) is 5.10 Å². The highest BCUT2D eigenvalue weighted by molar-refractivity contribution is 6.00. The summed E-state index contributed by atoms with van der Waals surface area (Å²) in [5.74, 6) is 4.25. The first-order chi connectivity index (χ1) is 12.9. The van der Waals surface area contributed by atoms with Crippen LogP contribution in [0.2, 0.25) is 0 Å². The van der Waals surface area contributed by atoms with E-state index in [0.717, 1.165) is 11.1 Å². The Labute approximate surface area is 159 Å². The maximum Gasteiger partial charge on any atom is 0.391 e. The van der Waals surface area contributed by atoms with Gasteiger partial charge in [0.25, 0.3) is 0 Å². The number of amidine groups is 1. The van der Waals surface area contributed by atoms with Crippen LogP contribution in [-0.4, -0.2) is 18.6 Å². The molecule has 0 unspecified atom stereocenters. The Bertz CT molecular complexity index is 597. The van der Waals surface area contributed by atoms with Crippen LogP contribution in [0.5, 0.6) is 0 Å². The second kappa shape index (κ2) is 11.1. The van der Waals surface area contributed by atoms with Crippen molar-refractivity contribution < 1.29 is 17.9 Å². The standard InChI is InChI=1S/C17H25F3N4O.C2H6/c1-2-25-10-12-4-3-5-14(15(12)16(21)23-24-22)11-6-8-13(9-7-11)17(18,19)20;1-2/h3-5,11,13,24H,2,6-10,22H2,1H3,(H2,21,23);1-2H3. The van der Waals surface area contributed by atoms with Crippen molar-refractivity contribution in [2.75, 3.05) is 6.61 Å². The van der Waals surface area contributed by atoms with Crippen molar-refractivity contribution >= 4 is 5.84 Å². The van der Waals surface area contributed by atoms with E-state index in [4.69, 9.17) is 16.3 Å². The zero-order valence-electron chi connectivity index (χ0n) is 16.3. The van der Waals surface area contributed by atoms with Crippen LogP contribution in [0.25, 0.3) is 0 Å². The van der Waals surface area contributed by atoms with Crippen molar-refractivity contribution in [3.05, 3.63) is 34.9 Å². The van der Waals surface area contributed by atoms with Gasteiger partial charge in [0.15, 0.2) is 5.84 Å². The number of alkyl halides is 3. The zero-order chi connectivity index (χ0) is 20.4. The Kier molecular flexibility index (Phi) is 9.59. The first-order valence-electron chi connectivity index (χ1n) is 9.43. The molecule has 0 saturated heterocycles. The average Bonchev–Trinajstić information content (AvgIpc) is 2.67. The second-order valence-electron chi connectivity index (χ2n) is 6.23. The molecule has 5 N–H and O–H groups in total. The number of benzene rings is 1. The van der Waals surface area contributed by atoms with E-state index < -0.39 is 12.1 Å². The fourth-order valence-electron chi connectivity index (χ4n) is 3.46. The Morgan fingerprint density at radius 3 is 2.37 bits per heavy atom. The molecule has 1 fully saturated rings. The predicted octanol–water partition coefficient (Wildman–Crippen LogP) is 4.17. The van der Waals surface area contributed by atoms with E-state index in [-0.39, 0.29) is 24.6 Å². The lowest BCUT2D eigenvalue weighted by Crippen LogP contribution is -2.29. The van der Waals surface area contributed by atoms with E-state index in [1.54, 1.807) is 0 Å². The number of hydrazone groups is 1. The van der Waals surface area contributed by atoms with Crippen molar-refractivity contribution in [2.45, 2.75) is 65.2 Å². The van der Waals surface area contributed by atoms with Crippen LogP contribution >= 0.6 is 0 Å². The van der Waals surface area contributed by atoms with Crippen LogP contribution in [0.1, 0.15) is 69.1 Å². The maximum absolute atomic E-state index is 12.9. The van der Waals surface area contributed by atoms with Gasteiger partial charge in [-0.3, -0.25) is 0 Å². The van der Waals surface area contributed by atoms with Gasteiger partial charge < -0.3 is 10.5 Å². The molecule has 0 heterocycles. The summed E-state index contributed by atoms with van der Waals surface area (Å²) in [4.78, 5) is 0. The van der Waals surface area contributed by atoms with Gasteiger partial charge >= 0.3 is 6.18 Å². The van der Waals surface area contributed by atoms with Crippen molar-refractivity contribution in [2.24, 2.45) is 22.6 Å². The molecule has 0 radical (unpaired) electrons. The van der Waals surface area contributed by atoms with Crippen LogP contribution in [0.4, 0.5) is 13.2 Å². The molecule has 5 nitrogen and oxygen atoms in total. The minimum absolute atomic E-state index is 0.0155. The zero-order valence-corrected chi connectivity index (χ0v) is 16.3. The molecular formula is C19H31F3N4O. The number of nitrogens with zero attached hydrogens (tertiary/aromatic N) is 1. The molecule has 8 heteroatoms. The summed E-state index contributed by atoms with van der Waals surface area (Å²) < 4.78 is 44.2. The molecule has 154 valence electrons. The van der Waals surface area contributed by atoms with Crippen LogP contribution in [0, 0.1) is 5.92 Å². The van der Waals surface area contributed by atoms with Gasteiger partial charge in [-0.05, 0) is 49.7 Å². The fourth-order valence-corrected chi connectivity index (χ4v) is 3.46. The SMILES string of the molecule is CC.CCOCc1cccc(C2CCC(C(F)(F)F)CC2)c1/C(N)=N/NN. The number of rotatable bonds is 6. The van der Waals surface area contributed by atoms with Crippen LogP contribution < -0.4 is 17.1 Å². The number of nitrogens with two attached hydrogens (primary N) is 2. The number of hydrogen-bond donors (Lipinski definition) is 3. The van der Waals surface area contributed by atoms with Gasteiger partial charge in [0.1, 0.15) is 0 Å². The van der Waals surface area contributed by atoms with E-state index in [9.17, 15) is 13.2 Å². The molecule has 0 spiro atoms. The first-order valence-corrected chi connectivity index (χ1v) is 9.43. The largest absolute Gasteiger partial charge is 0.391 e. The molecule has 1 aromatic rings. The number of hydrazine groups is 1. The summed E-state index contributed by atoms with van der Waals surface area (Å²) in [6.45, 7) is 6.80. The normalized spacial score (nSPS) is 20.6. The lowest BCUT2D eigenvalue weighted by Gasteiger charge is -2.31. The predicted molar refractivity (Wildman–Crippen MR) is 102 cm³/mol. The minimum atomic E-state index is -4.12. The molecule has 0 aromatic heterocycles. The Morgan fingerprint density at radius 1 is 1.22 bits per heavy atom. The number of ether oxygens (including phenoxy) is 1. The summed E-state index contributed by atoms with van der Waals surface area (Å²) >= 11 is 0. The van der Waals surface area contributed by atoms with Gasteiger partial charge in [-0.2, -0.15) is 13.2 Å². The lowest BCUT2D eigenvalue weighted by atomic mass is 9.76. The molecule has 1 aromatic carbocycles. The summed E-state index contributed by atoms with van der Waals surface area (Å²) in [6, 6.07) is 5.67. The number of hydrogen-bond acceptors (Lipinski definition) is 4. The molecule has 1 aliphatic carbocycles. The average molecular weight is 388 g/mol. The van der Waals surface area contributed by atoms with Crippen molar-refractivity contribution in [3.63, 3.8) is 0 Å². The molecular weight excluding hydrogens is 357 g/mol. The molecule has 1 aliphatic rings. The van der Waals surface area contributed by atoms with Gasteiger partial charge in [-0.1, -0.05) is 32.0 Å². The highest BCUT2D eigenvalue weighted by Crippen LogP contribution is 2.43. The summed E-state index contributed by atoms with van der Waals surface area (Å²) in [5, 5.41) is 3.86. The Balaban J connectivity index is 0.00000176. The third-order valence-electron chi connectivity index (χ3n) is 4.72. The Morgan fingerprint density at radius 2 is 1.85 bits per heavy atom. The lowest BCUT2D eigenvalue weighted by molar-refractivity contribution is -0.182. The first kappa shape index (κ1) is 23.2. The highest BCUT2D eigenvalue weighted by atomic mass is 19.4. The van der Waals surface area contributed by atoms with E-state index in [1.807, 2.05) is 39.0 Å². The smallest absolute Gasteiger partial charge is 0.382 e. The molecule has 0 bridgehead atoms. The van der Waals surface area contributed by atoms with E-state index in [0.29, 0.717) is 31.6 Å². The van der Waals surface area contributed by atoms with E-state index >= 15 is 0 Å². The van der Waals surface area contributed by atoms with Crippen molar-refractivity contribution in [1.29, 1.82) is 0 Å². The molecule has 1 saturated carbocycles. The van der Waals surface area contributed by atoms with Gasteiger partial charge in [-0.25, -0.2) is 11.4 Å². The summed E-state index contributed by atoms with van der Waals surface area (Å²) in [6.07, 6.45) is -2.91. The topological polar surface area (TPSA) is 85.7 Å². The maximum atomic E-state index is 12.9. The summed E-state index contributed by atoms with van der Waals surface area (Å²) in [5.41, 5.74) is 10.7. The van der Waals surface area contributed by atoms with E-state index in [2.05, 4.69) is 10.6 Å². The fraction of sp³-hybridized carbons (Fsp3) is 0.632. The molecule has 0 amide bonds. The van der Waals surface area contributed by atoms with Crippen LogP contribution in [-0.2, 0) is 11.3 Å². The number of nitrogens with one attached hydrogen (secondary N) is 1. The summed E-state index contributed by atoms with van der Waals surface area (Å²) in [7, 11) is 0. The Hall–Kier alpha value is -1.80. The molecule has 0 atom stereocenters. The number of halogens is 3. The van der Waals surface area contributed by atoms with Crippen LogP contribution in [0.15, 0.2) is 23.3 Å². The molecule has 2 rings (SSSR count). The second-order valence-corrected chi connectivity index (χ2v) is 6.23.